The Kier molecular flexibility index (Phi) is 5.97. The molecule has 1 amide bonds. The molecular formula is C21H27NO. The molecule has 1 unspecified atom stereocenters. The maximum absolute atomic E-state index is 12.5. The number of carbonyl (C=O) groups is 1. The Balaban J connectivity index is 2.06. The lowest BCUT2D eigenvalue weighted by Crippen LogP contribution is -2.30. The minimum Gasteiger partial charge on any atom is -0.349 e. The third-order valence-corrected chi connectivity index (χ3v) is 4.18. The fraction of sp³-hybridized carbons (Fsp3) is 0.381. The van der Waals surface area contributed by atoms with Crippen LogP contribution in [0.2, 0.25) is 0 Å². The second kappa shape index (κ2) is 7.96. The van der Waals surface area contributed by atoms with Gasteiger partial charge in [0.1, 0.15) is 0 Å². The lowest BCUT2D eigenvalue weighted by atomic mass is 9.96. The van der Waals surface area contributed by atoms with E-state index in [0.29, 0.717) is 12.3 Å². The molecular weight excluding hydrogens is 282 g/mol. The highest BCUT2D eigenvalue weighted by atomic mass is 16.1. The van der Waals surface area contributed by atoms with Gasteiger partial charge in [0, 0.05) is 0 Å². The van der Waals surface area contributed by atoms with Crippen molar-refractivity contribution < 1.29 is 4.79 Å². The van der Waals surface area contributed by atoms with E-state index >= 15 is 0 Å². The summed E-state index contributed by atoms with van der Waals surface area (Å²) in [5, 5.41) is 3.21. The van der Waals surface area contributed by atoms with Gasteiger partial charge in [-0.25, -0.2) is 0 Å². The Morgan fingerprint density at radius 1 is 1.00 bits per heavy atom. The number of nitrogens with one attached hydrogen (secondary N) is 1. The first kappa shape index (κ1) is 17.3. The van der Waals surface area contributed by atoms with Crippen LogP contribution < -0.4 is 5.32 Å². The van der Waals surface area contributed by atoms with Crippen LogP contribution >= 0.6 is 0 Å². The second-order valence-corrected chi connectivity index (χ2v) is 6.76. The van der Waals surface area contributed by atoms with Crippen LogP contribution in [0.1, 0.15) is 48.6 Å². The molecule has 0 aliphatic carbocycles. The lowest BCUT2D eigenvalue weighted by Gasteiger charge is -2.21. The smallest absolute Gasteiger partial charge is 0.224 e. The van der Waals surface area contributed by atoms with Crippen molar-refractivity contribution in [3.05, 3.63) is 70.8 Å². The fourth-order valence-corrected chi connectivity index (χ4v) is 2.78. The molecule has 2 heteroatoms. The highest BCUT2D eigenvalue weighted by molar-refractivity contribution is 5.79. The summed E-state index contributed by atoms with van der Waals surface area (Å²) in [5.74, 6) is 0.616. The van der Waals surface area contributed by atoms with Crippen LogP contribution in [0.5, 0.6) is 0 Å². The third-order valence-electron chi connectivity index (χ3n) is 4.18. The molecule has 122 valence electrons. The predicted octanol–water partition coefficient (Wildman–Crippen LogP) is 4.75. The molecule has 23 heavy (non-hydrogen) atoms. The van der Waals surface area contributed by atoms with E-state index in [9.17, 15) is 4.79 Å². The van der Waals surface area contributed by atoms with Crippen molar-refractivity contribution in [3.8, 4) is 0 Å². The van der Waals surface area contributed by atoms with Crippen molar-refractivity contribution in [1.29, 1.82) is 0 Å². The quantitative estimate of drug-likeness (QED) is 0.819. The molecule has 0 heterocycles. The molecule has 1 N–H and O–H groups in total. The van der Waals surface area contributed by atoms with Gasteiger partial charge in [-0.15, -0.1) is 0 Å². The van der Waals surface area contributed by atoms with Gasteiger partial charge in [0.05, 0.1) is 12.5 Å². The summed E-state index contributed by atoms with van der Waals surface area (Å²) in [6.45, 7) is 8.55. The molecule has 2 nitrogen and oxygen atoms in total. The Morgan fingerprint density at radius 3 is 2.30 bits per heavy atom. The van der Waals surface area contributed by atoms with Gasteiger partial charge < -0.3 is 5.32 Å². The minimum absolute atomic E-state index is 0.0789. The minimum atomic E-state index is 0.0789. The van der Waals surface area contributed by atoms with E-state index in [1.165, 1.54) is 16.7 Å². The first-order chi connectivity index (χ1) is 11.0. The maximum Gasteiger partial charge on any atom is 0.224 e. The van der Waals surface area contributed by atoms with E-state index in [2.05, 4.69) is 57.3 Å². The molecule has 0 fully saturated rings. The molecule has 2 aromatic carbocycles. The topological polar surface area (TPSA) is 29.1 Å². The van der Waals surface area contributed by atoms with Crippen molar-refractivity contribution in [3.63, 3.8) is 0 Å². The van der Waals surface area contributed by atoms with E-state index in [0.717, 1.165) is 12.0 Å². The summed E-state index contributed by atoms with van der Waals surface area (Å²) in [5.41, 5.74) is 4.74. The monoisotopic (exact) mass is 309 g/mol. The second-order valence-electron chi connectivity index (χ2n) is 6.76. The molecule has 0 bridgehead atoms. The molecule has 0 saturated heterocycles. The van der Waals surface area contributed by atoms with Gasteiger partial charge in [-0.3, -0.25) is 4.79 Å². The predicted molar refractivity (Wildman–Crippen MR) is 96.4 cm³/mol. The molecule has 0 aliphatic rings. The zero-order valence-electron chi connectivity index (χ0n) is 14.6. The molecule has 0 radical (unpaired) electrons. The summed E-state index contributed by atoms with van der Waals surface area (Å²) in [4.78, 5) is 12.5. The number of amides is 1. The maximum atomic E-state index is 12.5. The average molecular weight is 309 g/mol. The average Bonchev–Trinajstić information content (AvgIpc) is 2.51. The summed E-state index contributed by atoms with van der Waals surface area (Å²) in [6, 6.07) is 16.5. The van der Waals surface area contributed by atoms with Crippen LogP contribution in [0.4, 0.5) is 0 Å². The normalized spacial score (nSPS) is 12.2. The number of rotatable bonds is 6. The number of hydrogen-bond donors (Lipinski definition) is 1. The Hall–Kier alpha value is -2.09. The standard InChI is InChI=1S/C21H27NO/c1-15(2)12-20(19-8-6-5-7-9-19)22-21(23)14-18-11-10-16(3)17(4)13-18/h5-11,13,15,20H,12,14H2,1-4H3,(H,22,23). The van der Waals surface area contributed by atoms with Crippen molar-refractivity contribution in [2.24, 2.45) is 5.92 Å². The van der Waals surface area contributed by atoms with Gasteiger partial charge >= 0.3 is 0 Å². The molecule has 0 aromatic heterocycles. The van der Waals surface area contributed by atoms with Crippen LogP contribution in [-0.2, 0) is 11.2 Å². The largest absolute Gasteiger partial charge is 0.349 e. The Bertz CT molecular complexity index is 646. The first-order valence-electron chi connectivity index (χ1n) is 8.36. The number of hydrogen-bond acceptors (Lipinski definition) is 1. The zero-order chi connectivity index (χ0) is 16.8. The molecule has 2 rings (SSSR count). The summed E-state index contributed by atoms with van der Waals surface area (Å²) >= 11 is 0. The highest BCUT2D eigenvalue weighted by Gasteiger charge is 2.16. The van der Waals surface area contributed by atoms with Crippen molar-refractivity contribution in [1.82, 2.24) is 5.32 Å². The van der Waals surface area contributed by atoms with Gasteiger partial charge in [-0.05, 0) is 48.4 Å². The molecule has 0 spiro atoms. The van der Waals surface area contributed by atoms with Crippen LogP contribution in [0.25, 0.3) is 0 Å². The third kappa shape index (κ3) is 5.24. The van der Waals surface area contributed by atoms with Crippen molar-refractivity contribution in [2.75, 3.05) is 0 Å². The number of aryl methyl sites for hydroxylation is 2. The van der Waals surface area contributed by atoms with Gasteiger partial charge in [0.15, 0.2) is 0 Å². The molecule has 2 aromatic rings. The van der Waals surface area contributed by atoms with Crippen LogP contribution in [0.3, 0.4) is 0 Å². The molecule has 1 atom stereocenters. The highest BCUT2D eigenvalue weighted by Crippen LogP contribution is 2.21. The van der Waals surface area contributed by atoms with Gasteiger partial charge in [-0.2, -0.15) is 0 Å². The Labute approximate surface area is 139 Å². The van der Waals surface area contributed by atoms with Gasteiger partial charge in [0.25, 0.3) is 0 Å². The Morgan fingerprint density at radius 2 is 1.70 bits per heavy atom. The van der Waals surface area contributed by atoms with E-state index in [-0.39, 0.29) is 11.9 Å². The van der Waals surface area contributed by atoms with Gasteiger partial charge in [0.2, 0.25) is 5.91 Å². The zero-order valence-corrected chi connectivity index (χ0v) is 14.6. The van der Waals surface area contributed by atoms with Crippen LogP contribution in [0.15, 0.2) is 48.5 Å². The SMILES string of the molecule is Cc1ccc(CC(=O)NC(CC(C)C)c2ccccc2)cc1C. The lowest BCUT2D eigenvalue weighted by molar-refractivity contribution is -0.121. The van der Waals surface area contributed by atoms with E-state index in [1.807, 2.05) is 24.3 Å². The molecule has 0 saturated carbocycles. The van der Waals surface area contributed by atoms with Crippen molar-refractivity contribution in [2.45, 2.75) is 46.6 Å². The van der Waals surface area contributed by atoms with E-state index < -0.39 is 0 Å². The van der Waals surface area contributed by atoms with Crippen molar-refractivity contribution >= 4 is 5.91 Å². The number of benzene rings is 2. The van der Waals surface area contributed by atoms with E-state index in [4.69, 9.17) is 0 Å². The molecule has 0 aliphatic heterocycles. The summed E-state index contributed by atoms with van der Waals surface area (Å²) in [6.07, 6.45) is 1.38. The van der Waals surface area contributed by atoms with E-state index in [1.54, 1.807) is 0 Å². The number of carbonyl (C=O) groups excluding carboxylic acids is 1. The first-order valence-corrected chi connectivity index (χ1v) is 8.36. The summed E-state index contributed by atoms with van der Waals surface area (Å²) < 4.78 is 0. The van der Waals surface area contributed by atoms with Crippen LogP contribution in [-0.4, -0.2) is 5.91 Å². The van der Waals surface area contributed by atoms with Gasteiger partial charge in [-0.1, -0.05) is 62.4 Å². The van der Waals surface area contributed by atoms with Crippen LogP contribution in [0, 0.1) is 19.8 Å². The fourth-order valence-electron chi connectivity index (χ4n) is 2.78. The summed E-state index contributed by atoms with van der Waals surface area (Å²) in [7, 11) is 0.